The van der Waals surface area contributed by atoms with E-state index in [1.54, 1.807) is 23.3 Å². The van der Waals surface area contributed by atoms with Crippen LogP contribution < -0.4 is 19.8 Å². The zero-order valence-corrected chi connectivity index (χ0v) is 23.4. The molecule has 3 aromatic rings. The van der Waals surface area contributed by atoms with E-state index in [0.717, 1.165) is 42.5 Å². The van der Waals surface area contributed by atoms with E-state index in [0.29, 0.717) is 32.7 Å². The van der Waals surface area contributed by atoms with E-state index in [9.17, 15) is 14.4 Å². The molecule has 0 spiro atoms. The maximum Gasteiger partial charge on any atom is 0.338 e. The van der Waals surface area contributed by atoms with Gasteiger partial charge in [0.1, 0.15) is 4.53 Å². The standard InChI is InChI=1S/C31H33N3O4S/c1-4-6-7-8-14-19-33-23-18-13-12-17-22(23)25(28(33)35)27-29(36)34-26(21-15-10-9-11-16-21)24(30(37)38-5-2)20(3)32-31(34)39-27/h9-13,15-18,26H,4-8,14,19H2,1-3H3/t26-/m1/s1. The molecule has 8 heteroatoms. The lowest BCUT2D eigenvalue weighted by molar-refractivity contribution is -0.139. The molecule has 0 saturated heterocycles. The Bertz CT molecular complexity index is 1620. The third kappa shape index (κ3) is 4.89. The van der Waals surface area contributed by atoms with Crippen molar-refractivity contribution in [1.82, 2.24) is 4.57 Å². The quantitative estimate of drug-likeness (QED) is 0.294. The van der Waals surface area contributed by atoms with Crippen LogP contribution in [0.15, 0.2) is 75.7 Å². The Morgan fingerprint density at radius 3 is 2.44 bits per heavy atom. The molecule has 0 radical (unpaired) electrons. The molecular weight excluding hydrogens is 510 g/mol. The van der Waals surface area contributed by atoms with Gasteiger partial charge in [0.25, 0.3) is 11.5 Å². The molecule has 7 nitrogen and oxygen atoms in total. The number of nitrogens with zero attached hydrogens (tertiary/aromatic N) is 3. The first-order valence-electron chi connectivity index (χ1n) is 13.7. The number of aromatic nitrogens is 1. The maximum absolute atomic E-state index is 14.2. The molecule has 2 aliphatic heterocycles. The number of amides is 1. The second kappa shape index (κ2) is 11.5. The number of unbranched alkanes of at least 4 members (excludes halogenated alkanes) is 4. The van der Waals surface area contributed by atoms with Gasteiger partial charge in [-0.2, -0.15) is 0 Å². The number of carbonyl (C=O) groups is 2. The molecule has 0 fully saturated rings. The first-order valence-corrected chi connectivity index (χ1v) is 14.5. The Hall–Kier alpha value is -3.78. The van der Waals surface area contributed by atoms with E-state index in [4.69, 9.17) is 4.74 Å². The average molecular weight is 544 g/mol. The Morgan fingerprint density at radius 2 is 1.69 bits per heavy atom. The molecular formula is C31H33N3O4S. The second-order valence-corrected chi connectivity index (χ2v) is 10.8. The lowest BCUT2D eigenvalue weighted by Gasteiger charge is -2.24. The fraction of sp³-hybridized carbons (Fsp3) is 0.355. The molecule has 3 heterocycles. The van der Waals surface area contributed by atoms with Gasteiger partial charge in [0.15, 0.2) is 4.80 Å². The monoisotopic (exact) mass is 543 g/mol. The summed E-state index contributed by atoms with van der Waals surface area (Å²) in [4.78, 5) is 48.0. The van der Waals surface area contributed by atoms with Gasteiger partial charge in [-0.1, -0.05) is 92.5 Å². The molecule has 1 atom stereocenters. The molecule has 0 N–H and O–H groups in total. The van der Waals surface area contributed by atoms with Gasteiger partial charge in [0, 0.05) is 12.1 Å². The minimum atomic E-state index is -0.697. The van der Waals surface area contributed by atoms with Crippen LogP contribution in [0.4, 0.5) is 5.69 Å². The highest BCUT2D eigenvalue weighted by Gasteiger charge is 2.37. The topological polar surface area (TPSA) is 81.0 Å². The van der Waals surface area contributed by atoms with Gasteiger partial charge in [0.2, 0.25) is 0 Å². The fourth-order valence-corrected chi connectivity index (χ4v) is 6.52. The molecule has 39 heavy (non-hydrogen) atoms. The largest absolute Gasteiger partial charge is 0.463 e. The van der Waals surface area contributed by atoms with E-state index in [1.165, 1.54) is 17.8 Å². The molecule has 2 aliphatic rings. The molecule has 1 amide bonds. The van der Waals surface area contributed by atoms with Gasteiger partial charge in [-0.15, -0.1) is 0 Å². The number of rotatable bonds is 9. The third-order valence-electron chi connectivity index (χ3n) is 7.24. The molecule has 2 aromatic carbocycles. The number of benzene rings is 2. The maximum atomic E-state index is 14.2. The van der Waals surface area contributed by atoms with Crippen molar-refractivity contribution in [1.29, 1.82) is 0 Å². The van der Waals surface area contributed by atoms with Crippen LogP contribution in [0.1, 0.15) is 70.0 Å². The summed E-state index contributed by atoms with van der Waals surface area (Å²) < 4.78 is 7.26. The van der Waals surface area contributed by atoms with Crippen LogP contribution in [0, 0.1) is 0 Å². The van der Waals surface area contributed by atoms with Gasteiger partial charge in [-0.05, 0) is 31.9 Å². The number of thiazole rings is 1. The van der Waals surface area contributed by atoms with Crippen LogP contribution in [0.3, 0.4) is 0 Å². The Morgan fingerprint density at radius 1 is 0.974 bits per heavy atom. The first-order chi connectivity index (χ1) is 19.0. The van der Waals surface area contributed by atoms with Crippen molar-refractivity contribution in [3.05, 3.63) is 96.7 Å². The first kappa shape index (κ1) is 26.8. The van der Waals surface area contributed by atoms with Crippen LogP contribution in [0.2, 0.25) is 0 Å². The minimum Gasteiger partial charge on any atom is -0.463 e. The smallest absolute Gasteiger partial charge is 0.338 e. The van der Waals surface area contributed by atoms with Gasteiger partial charge >= 0.3 is 5.97 Å². The Balaban J connectivity index is 1.66. The van der Waals surface area contributed by atoms with E-state index in [-0.39, 0.29) is 18.1 Å². The van der Waals surface area contributed by atoms with Crippen molar-refractivity contribution in [2.75, 3.05) is 18.1 Å². The molecule has 0 unspecified atom stereocenters. The predicted molar refractivity (Wildman–Crippen MR) is 153 cm³/mol. The van der Waals surface area contributed by atoms with Crippen molar-refractivity contribution >= 4 is 34.5 Å². The Labute approximate surface area is 231 Å². The summed E-state index contributed by atoms with van der Waals surface area (Å²) in [7, 11) is 0. The van der Waals surface area contributed by atoms with E-state index in [1.807, 2.05) is 54.6 Å². The van der Waals surface area contributed by atoms with Gasteiger partial charge in [0.05, 0.1) is 35.2 Å². The highest BCUT2D eigenvalue weighted by molar-refractivity contribution is 7.07. The highest BCUT2D eigenvalue weighted by Crippen LogP contribution is 2.36. The van der Waals surface area contributed by atoms with Crippen LogP contribution in [0.5, 0.6) is 0 Å². The van der Waals surface area contributed by atoms with Crippen LogP contribution in [0.25, 0.3) is 5.57 Å². The van der Waals surface area contributed by atoms with Crippen molar-refractivity contribution in [2.45, 2.75) is 58.9 Å². The zero-order chi connectivity index (χ0) is 27.5. The third-order valence-corrected chi connectivity index (χ3v) is 8.30. The number of fused-ring (bicyclic) bond motifs is 2. The summed E-state index contributed by atoms with van der Waals surface area (Å²) in [5, 5.41) is 0. The lowest BCUT2D eigenvalue weighted by Crippen LogP contribution is -2.41. The number of esters is 1. The molecule has 202 valence electrons. The zero-order valence-electron chi connectivity index (χ0n) is 22.6. The number of para-hydroxylation sites is 1. The summed E-state index contributed by atoms with van der Waals surface area (Å²) >= 11 is 1.21. The van der Waals surface area contributed by atoms with E-state index in [2.05, 4.69) is 11.9 Å². The van der Waals surface area contributed by atoms with Crippen LogP contribution in [-0.2, 0) is 14.3 Å². The molecule has 0 saturated carbocycles. The summed E-state index contributed by atoms with van der Waals surface area (Å²) in [6.07, 6.45) is 5.46. The van der Waals surface area contributed by atoms with Crippen LogP contribution in [-0.4, -0.2) is 29.6 Å². The minimum absolute atomic E-state index is 0.158. The van der Waals surface area contributed by atoms with Crippen molar-refractivity contribution in [3.8, 4) is 0 Å². The number of ether oxygens (including phenoxy) is 1. The Kier molecular flexibility index (Phi) is 7.93. The molecule has 1 aromatic heterocycles. The number of anilines is 1. The van der Waals surface area contributed by atoms with E-state index < -0.39 is 12.0 Å². The van der Waals surface area contributed by atoms with Crippen molar-refractivity contribution < 1.29 is 14.3 Å². The molecule has 0 bridgehead atoms. The van der Waals surface area contributed by atoms with Gasteiger partial charge in [-0.25, -0.2) is 9.79 Å². The average Bonchev–Trinajstić information content (AvgIpc) is 3.40. The van der Waals surface area contributed by atoms with E-state index >= 15 is 0 Å². The number of carbonyl (C=O) groups excluding carboxylic acids is 2. The SMILES string of the molecule is CCCCCCCN1C(=O)C(=c2sc3n(c2=O)[C@H](c2ccccc2)C(C(=O)OCC)=C(C)N=3)c2ccccc21. The lowest BCUT2D eigenvalue weighted by atomic mass is 9.96. The number of hydrogen-bond acceptors (Lipinski definition) is 6. The molecule has 5 rings (SSSR count). The summed E-state index contributed by atoms with van der Waals surface area (Å²) in [5.74, 6) is -0.656. The van der Waals surface area contributed by atoms with Gasteiger partial charge < -0.3 is 9.64 Å². The fourth-order valence-electron chi connectivity index (χ4n) is 5.39. The molecule has 0 aliphatic carbocycles. The second-order valence-electron chi connectivity index (χ2n) is 9.80. The van der Waals surface area contributed by atoms with Crippen LogP contribution >= 0.6 is 11.3 Å². The summed E-state index contributed by atoms with van der Waals surface area (Å²) in [5.41, 5.74) is 3.30. The summed E-state index contributed by atoms with van der Waals surface area (Å²) in [6, 6.07) is 16.4. The summed E-state index contributed by atoms with van der Waals surface area (Å²) in [6.45, 7) is 6.52. The van der Waals surface area contributed by atoms with Gasteiger partial charge in [-0.3, -0.25) is 14.2 Å². The van der Waals surface area contributed by atoms with Crippen molar-refractivity contribution in [3.63, 3.8) is 0 Å². The highest BCUT2D eigenvalue weighted by atomic mass is 32.1. The normalized spacial score (nSPS) is 17.7. The number of hydrogen-bond donors (Lipinski definition) is 0. The predicted octanol–water partition coefficient (Wildman–Crippen LogP) is 4.49. The number of allylic oxidation sites excluding steroid dienone is 1. The van der Waals surface area contributed by atoms with Crippen molar-refractivity contribution in [2.24, 2.45) is 4.99 Å².